The molecule has 1 unspecified atom stereocenters. The maximum absolute atomic E-state index is 12.2. The normalized spacial score (nSPS) is 22.5. The zero-order valence-electron chi connectivity index (χ0n) is 11.4. The minimum Gasteiger partial charge on any atom is -0.326 e. The molecule has 0 radical (unpaired) electrons. The van der Waals surface area contributed by atoms with Crippen molar-refractivity contribution in [1.29, 1.82) is 5.26 Å². The zero-order chi connectivity index (χ0) is 13.7. The molecule has 2 rings (SSSR count). The fourth-order valence-corrected chi connectivity index (χ4v) is 2.71. The van der Waals surface area contributed by atoms with Crippen molar-refractivity contribution in [1.82, 2.24) is 0 Å². The number of nitriles is 1. The monoisotopic (exact) mass is 256 g/mol. The molecule has 0 aliphatic heterocycles. The van der Waals surface area contributed by atoms with Crippen LogP contribution < -0.4 is 5.32 Å². The second kappa shape index (κ2) is 6.38. The number of benzene rings is 1. The average Bonchev–Trinajstić information content (AvgIpc) is 2.41. The summed E-state index contributed by atoms with van der Waals surface area (Å²) in [4.78, 5) is 12.2. The quantitative estimate of drug-likeness (QED) is 0.899. The van der Waals surface area contributed by atoms with E-state index >= 15 is 0 Å². The summed E-state index contributed by atoms with van der Waals surface area (Å²) in [6.07, 6.45) is 4.81. The van der Waals surface area contributed by atoms with Crippen molar-refractivity contribution in [3.05, 3.63) is 29.8 Å². The molecule has 1 aromatic carbocycles. The number of nitrogens with one attached hydrogen (secondary N) is 1. The highest BCUT2D eigenvalue weighted by atomic mass is 16.1. The first-order valence-electron chi connectivity index (χ1n) is 6.96. The highest BCUT2D eigenvalue weighted by molar-refractivity contribution is 5.92. The Morgan fingerprint density at radius 1 is 1.37 bits per heavy atom. The van der Waals surface area contributed by atoms with Gasteiger partial charge in [0.15, 0.2) is 0 Å². The predicted molar refractivity (Wildman–Crippen MR) is 75.5 cm³/mol. The Hall–Kier alpha value is -1.82. The molecule has 1 N–H and O–H groups in total. The molecule has 1 fully saturated rings. The second-order valence-corrected chi connectivity index (χ2v) is 5.49. The Morgan fingerprint density at radius 2 is 2.11 bits per heavy atom. The van der Waals surface area contributed by atoms with E-state index in [0.717, 1.165) is 30.5 Å². The Balaban J connectivity index is 1.93. The number of carbonyl (C=O) groups is 1. The number of rotatable bonds is 3. The molecule has 100 valence electrons. The fraction of sp³-hybridized carbons (Fsp3) is 0.500. The van der Waals surface area contributed by atoms with E-state index in [1.807, 2.05) is 24.3 Å². The van der Waals surface area contributed by atoms with Crippen molar-refractivity contribution in [3.63, 3.8) is 0 Å². The number of carbonyl (C=O) groups excluding carboxylic acids is 1. The van der Waals surface area contributed by atoms with Crippen LogP contribution in [0.1, 0.15) is 38.2 Å². The minimum atomic E-state index is 0.139. The topological polar surface area (TPSA) is 52.9 Å². The molecule has 0 saturated heterocycles. The van der Waals surface area contributed by atoms with Crippen molar-refractivity contribution in [3.8, 4) is 6.07 Å². The van der Waals surface area contributed by atoms with Gasteiger partial charge in [-0.25, -0.2) is 0 Å². The first kappa shape index (κ1) is 13.6. The van der Waals surface area contributed by atoms with Crippen LogP contribution in [0.4, 0.5) is 5.69 Å². The molecule has 1 aliphatic rings. The van der Waals surface area contributed by atoms with Crippen LogP contribution in [0.3, 0.4) is 0 Å². The van der Waals surface area contributed by atoms with Gasteiger partial charge in [-0.2, -0.15) is 5.26 Å². The van der Waals surface area contributed by atoms with Gasteiger partial charge < -0.3 is 5.32 Å². The van der Waals surface area contributed by atoms with E-state index in [1.54, 1.807) is 0 Å². The SMILES string of the molecule is C[C@@H]1CCCC(C(=O)Nc2ccc(CC#N)cc2)C1. The van der Waals surface area contributed by atoms with Gasteiger partial charge >= 0.3 is 0 Å². The van der Waals surface area contributed by atoms with Crippen LogP contribution >= 0.6 is 0 Å². The average molecular weight is 256 g/mol. The molecule has 2 atom stereocenters. The highest BCUT2D eigenvalue weighted by Gasteiger charge is 2.24. The van der Waals surface area contributed by atoms with E-state index in [1.165, 1.54) is 6.42 Å². The molecule has 1 amide bonds. The van der Waals surface area contributed by atoms with E-state index < -0.39 is 0 Å². The Morgan fingerprint density at radius 3 is 2.74 bits per heavy atom. The van der Waals surface area contributed by atoms with Gasteiger partial charge in [0.1, 0.15) is 0 Å². The maximum Gasteiger partial charge on any atom is 0.227 e. The largest absolute Gasteiger partial charge is 0.326 e. The minimum absolute atomic E-state index is 0.139. The molecule has 0 spiro atoms. The molecule has 0 bridgehead atoms. The van der Waals surface area contributed by atoms with Crippen LogP contribution in [-0.2, 0) is 11.2 Å². The summed E-state index contributed by atoms with van der Waals surface area (Å²) in [7, 11) is 0. The van der Waals surface area contributed by atoms with Gasteiger partial charge in [0.05, 0.1) is 12.5 Å². The first-order chi connectivity index (χ1) is 9.19. The molecule has 0 heterocycles. The lowest BCUT2D eigenvalue weighted by molar-refractivity contribution is -0.121. The van der Waals surface area contributed by atoms with Crippen molar-refractivity contribution in [2.75, 3.05) is 5.32 Å². The molecule has 0 aromatic heterocycles. The van der Waals surface area contributed by atoms with Crippen LogP contribution in [0, 0.1) is 23.2 Å². The second-order valence-electron chi connectivity index (χ2n) is 5.49. The van der Waals surface area contributed by atoms with Crippen LogP contribution in [0.2, 0.25) is 0 Å². The Kier molecular flexibility index (Phi) is 4.57. The summed E-state index contributed by atoms with van der Waals surface area (Å²) in [5.41, 5.74) is 1.80. The number of anilines is 1. The Labute approximate surface area is 114 Å². The number of amides is 1. The number of hydrogen-bond donors (Lipinski definition) is 1. The van der Waals surface area contributed by atoms with Crippen LogP contribution in [0.15, 0.2) is 24.3 Å². The predicted octanol–water partition coefficient (Wildman–Crippen LogP) is 3.52. The van der Waals surface area contributed by atoms with Crippen LogP contribution in [0.5, 0.6) is 0 Å². The van der Waals surface area contributed by atoms with Crippen LogP contribution in [0.25, 0.3) is 0 Å². The van der Waals surface area contributed by atoms with Gasteiger partial charge in [-0.1, -0.05) is 31.9 Å². The standard InChI is InChI=1S/C16H20N2O/c1-12-3-2-4-14(11-12)16(19)18-15-7-5-13(6-8-15)9-10-17/h5-8,12,14H,2-4,9,11H2,1H3,(H,18,19)/t12-,14?/m1/s1. The number of hydrogen-bond acceptors (Lipinski definition) is 2. The molecule has 1 aliphatic carbocycles. The summed E-state index contributed by atoms with van der Waals surface area (Å²) in [6, 6.07) is 9.64. The van der Waals surface area contributed by atoms with E-state index in [-0.39, 0.29) is 11.8 Å². The van der Waals surface area contributed by atoms with Crippen molar-refractivity contribution >= 4 is 11.6 Å². The molecule has 1 saturated carbocycles. The van der Waals surface area contributed by atoms with Gasteiger partial charge in [-0.05, 0) is 36.5 Å². The van der Waals surface area contributed by atoms with E-state index in [4.69, 9.17) is 5.26 Å². The lowest BCUT2D eigenvalue weighted by Gasteiger charge is -2.25. The molecular formula is C16H20N2O. The molecule has 3 heteroatoms. The molecule has 3 nitrogen and oxygen atoms in total. The summed E-state index contributed by atoms with van der Waals surface area (Å²) in [6.45, 7) is 2.22. The highest BCUT2D eigenvalue weighted by Crippen LogP contribution is 2.29. The maximum atomic E-state index is 12.2. The van der Waals surface area contributed by atoms with Crippen molar-refractivity contribution in [2.45, 2.75) is 39.0 Å². The summed E-state index contributed by atoms with van der Waals surface area (Å²) < 4.78 is 0. The molecule has 19 heavy (non-hydrogen) atoms. The number of nitrogens with zero attached hydrogens (tertiary/aromatic N) is 1. The van der Waals surface area contributed by atoms with Crippen molar-refractivity contribution < 1.29 is 4.79 Å². The summed E-state index contributed by atoms with van der Waals surface area (Å²) in [5.74, 6) is 0.949. The zero-order valence-corrected chi connectivity index (χ0v) is 11.4. The van der Waals surface area contributed by atoms with Gasteiger partial charge in [-0.15, -0.1) is 0 Å². The molecule has 1 aromatic rings. The summed E-state index contributed by atoms with van der Waals surface area (Å²) >= 11 is 0. The lowest BCUT2D eigenvalue weighted by atomic mass is 9.82. The van der Waals surface area contributed by atoms with E-state index in [2.05, 4.69) is 18.3 Å². The molecular weight excluding hydrogens is 236 g/mol. The lowest BCUT2D eigenvalue weighted by Crippen LogP contribution is -2.27. The van der Waals surface area contributed by atoms with E-state index in [9.17, 15) is 4.79 Å². The third kappa shape index (κ3) is 3.82. The Bertz CT molecular complexity index is 473. The van der Waals surface area contributed by atoms with Gasteiger partial charge in [0, 0.05) is 11.6 Å². The fourth-order valence-electron chi connectivity index (χ4n) is 2.71. The van der Waals surface area contributed by atoms with Crippen molar-refractivity contribution in [2.24, 2.45) is 11.8 Å². The third-order valence-corrected chi connectivity index (χ3v) is 3.81. The van der Waals surface area contributed by atoms with E-state index in [0.29, 0.717) is 12.3 Å². The summed E-state index contributed by atoms with van der Waals surface area (Å²) in [5, 5.41) is 11.6. The van der Waals surface area contributed by atoms with Gasteiger partial charge in [0.2, 0.25) is 5.91 Å². The van der Waals surface area contributed by atoms with Gasteiger partial charge in [-0.3, -0.25) is 4.79 Å². The first-order valence-corrected chi connectivity index (χ1v) is 6.96. The third-order valence-electron chi connectivity index (χ3n) is 3.81. The van der Waals surface area contributed by atoms with Gasteiger partial charge in [0.25, 0.3) is 0 Å². The smallest absolute Gasteiger partial charge is 0.227 e. The van der Waals surface area contributed by atoms with Crippen LogP contribution in [-0.4, -0.2) is 5.91 Å².